The Hall–Kier alpha value is -1.96. The summed E-state index contributed by atoms with van der Waals surface area (Å²) >= 11 is 0. The van der Waals surface area contributed by atoms with E-state index in [1.807, 2.05) is 18.2 Å². The first kappa shape index (κ1) is 13.5. The summed E-state index contributed by atoms with van der Waals surface area (Å²) in [6, 6.07) is 14.3. The van der Waals surface area contributed by atoms with E-state index in [1.54, 1.807) is 14.2 Å². The molecule has 2 rings (SSSR count). The molecule has 2 aromatic carbocycles. The molecular formula is C17H20O2. The Labute approximate surface area is 115 Å². The molecule has 2 nitrogen and oxygen atoms in total. The molecule has 0 aliphatic rings. The van der Waals surface area contributed by atoms with Gasteiger partial charge in [-0.1, -0.05) is 38.1 Å². The first-order valence-corrected chi connectivity index (χ1v) is 6.48. The first-order chi connectivity index (χ1) is 9.17. The molecule has 0 spiro atoms. The van der Waals surface area contributed by atoms with Crippen molar-refractivity contribution < 1.29 is 9.47 Å². The van der Waals surface area contributed by atoms with E-state index in [-0.39, 0.29) is 0 Å². The highest BCUT2D eigenvalue weighted by Crippen LogP contribution is 2.37. The molecule has 0 saturated carbocycles. The average Bonchev–Trinajstić information content (AvgIpc) is 2.46. The summed E-state index contributed by atoms with van der Waals surface area (Å²) in [5.41, 5.74) is 3.59. The predicted octanol–water partition coefficient (Wildman–Crippen LogP) is 4.49. The Balaban J connectivity index is 2.63. The Morgan fingerprint density at radius 1 is 0.842 bits per heavy atom. The number of hydrogen-bond donors (Lipinski definition) is 0. The van der Waals surface area contributed by atoms with Gasteiger partial charge in [-0.3, -0.25) is 0 Å². The molecule has 0 atom stereocenters. The maximum Gasteiger partial charge on any atom is 0.126 e. The smallest absolute Gasteiger partial charge is 0.126 e. The van der Waals surface area contributed by atoms with Crippen LogP contribution in [0.2, 0.25) is 0 Å². The van der Waals surface area contributed by atoms with Gasteiger partial charge in [-0.25, -0.2) is 0 Å². The van der Waals surface area contributed by atoms with Crippen molar-refractivity contribution in [2.75, 3.05) is 14.2 Å². The monoisotopic (exact) mass is 256 g/mol. The molecule has 0 heterocycles. The van der Waals surface area contributed by atoms with Crippen molar-refractivity contribution in [1.82, 2.24) is 0 Å². The zero-order valence-corrected chi connectivity index (χ0v) is 11.9. The number of rotatable bonds is 4. The van der Waals surface area contributed by atoms with Gasteiger partial charge in [-0.2, -0.15) is 0 Å². The molecule has 0 aromatic heterocycles. The summed E-state index contributed by atoms with van der Waals surface area (Å²) in [7, 11) is 3.38. The molecule has 2 heteroatoms. The van der Waals surface area contributed by atoms with E-state index < -0.39 is 0 Å². The van der Waals surface area contributed by atoms with Crippen molar-refractivity contribution in [3.63, 3.8) is 0 Å². The van der Waals surface area contributed by atoms with Crippen LogP contribution in [0.15, 0.2) is 42.5 Å². The van der Waals surface area contributed by atoms with E-state index in [0.717, 1.165) is 17.1 Å². The van der Waals surface area contributed by atoms with E-state index in [0.29, 0.717) is 5.92 Å². The van der Waals surface area contributed by atoms with Crippen LogP contribution in [-0.4, -0.2) is 14.2 Å². The highest BCUT2D eigenvalue weighted by atomic mass is 16.5. The lowest BCUT2D eigenvalue weighted by Crippen LogP contribution is -1.95. The van der Waals surface area contributed by atoms with Gasteiger partial charge in [-0.05, 0) is 35.2 Å². The van der Waals surface area contributed by atoms with Gasteiger partial charge in [0, 0.05) is 5.56 Å². The Morgan fingerprint density at radius 3 is 2.21 bits per heavy atom. The van der Waals surface area contributed by atoms with Crippen LogP contribution in [0.5, 0.6) is 11.5 Å². The van der Waals surface area contributed by atoms with Crippen LogP contribution in [0, 0.1) is 0 Å². The van der Waals surface area contributed by atoms with Gasteiger partial charge in [0.15, 0.2) is 0 Å². The van der Waals surface area contributed by atoms with E-state index in [2.05, 4.69) is 38.1 Å². The fraction of sp³-hybridized carbons (Fsp3) is 0.294. The lowest BCUT2D eigenvalue weighted by atomic mass is 9.92. The quantitative estimate of drug-likeness (QED) is 0.802. The molecule has 0 fully saturated rings. The number of hydrogen-bond acceptors (Lipinski definition) is 2. The minimum absolute atomic E-state index is 0.465. The third-order valence-corrected chi connectivity index (χ3v) is 3.28. The van der Waals surface area contributed by atoms with E-state index >= 15 is 0 Å². The second-order valence-electron chi connectivity index (χ2n) is 4.81. The van der Waals surface area contributed by atoms with Crippen molar-refractivity contribution in [3.8, 4) is 22.6 Å². The van der Waals surface area contributed by atoms with Gasteiger partial charge < -0.3 is 9.47 Å². The third kappa shape index (κ3) is 2.73. The summed E-state index contributed by atoms with van der Waals surface area (Å²) in [5, 5.41) is 0. The molecule has 19 heavy (non-hydrogen) atoms. The van der Waals surface area contributed by atoms with Crippen molar-refractivity contribution in [2.24, 2.45) is 0 Å². The van der Waals surface area contributed by atoms with E-state index in [9.17, 15) is 0 Å². The Kier molecular flexibility index (Phi) is 4.10. The van der Waals surface area contributed by atoms with Crippen molar-refractivity contribution >= 4 is 0 Å². The minimum atomic E-state index is 0.465. The molecule has 0 N–H and O–H groups in total. The van der Waals surface area contributed by atoms with E-state index in [4.69, 9.17) is 9.47 Å². The maximum atomic E-state index is 5.48. The zero-order valence-electron chi connectivity index (χ0n) is 11.9. The molecule has 0 radical (unpaired) electrons. The highest BCUT2D eigenvalue weighted by molar-refractivity contribution is 5.75. The van der Waals surface area contributed by atoms with Gasteiger partial charge in [0.05, 0.1) is 14.2 Å². The molecule has 0 aliphatic heterocycles. The topological polar surface area (TPSA) is 18.5 Å². The molecule has 0 aliphatic carbocycles. The SMILES string of the molecule is COc1ccc(OC)c(-c2ccccc2C(C)C)c1. The number of ether oxygens (including phenoxy) is 2. The molecule has 2 aromatic rings. The second-order valence-corrected chi connectivity index (χ2v) is 4.81. The molecule has 0 saturated heterocycles. The van der Waals surface area contributed by atoms with Crippen molar-refractivity contribution in [2.45, 2.75) is 19.8 Å². The molecular weight excluding hydrogens is 236 g/mol. The molecule has 0 amide bonds. The third-order valence-electron chi connectivity index (χ3n) is 3.28. The van der Waals surface area contributed by atoms with Gasteiger partial charge >= 0.3 is 0 Å². The Bertz CT molecular complexity index is 559. The van der Waals surface area contributed by atoms with Crippen molar-refractivity contribution in [3.05, 3.63) is 48.0 Å². The lowest BCUT2D eigenvalue weighted by molar-refractivity contribution is 0.404. The maximum absolute atomic E-state index is 5.48. The van der Waals surface area contributed by atoms with Crippen LogP contribution in [0.3, 0.4) is 0 Å². The normalized spacial score (nSPS) is 10.6. The average molecular weight is 256 g/mol. The van der Waals surface area contributed by atoms with Gasteiger partial charge in [0.2, 0.25) is 0 Å². The van der Waals surface area contributed by atoms with Crippen LogP contribution in [0.25, 0.3) is 11.1 Å². The molecule has 0 bridgehead atoms. The van der Waals surface area contributed by atoms with Crippen LogP contribution >= 0.6 is 0 Å². The summed E-state index contributed by atoms with van der Waals surface area (Å²) in [6.07, 6.45) is 0. The standard InChI is InChI=1S/C17H20O2/c1-12(2)14-7-5-6-8-15(14)16-11-13(18-3)9-10-17(16)19-4/h5-12H,1-4H3. The van der Waals surface area contributed by atoms with Crippen molar-refractivity contribution in [1.29, 1.82) is 0 Å². The fourth-order valence-electron chi connectivity index (χ4n) is 2.27. The van der Waals surface area contributed by atoms with Gasteiger partial charge in [0.25, 0.3) is 0 Å². The summed E-state index contributed by atoms with van der Waals surface area (Å²) < 4.78 is 10.8. The summed E-state index contributed by atoms with van der Waals surface area (Å²) in [4.78, 5) is 0. The second kappa shape index (κ2) is 5.79. The Morgan fingerprint density at radius 2 is 1.58 bits per heavy atom. The zero-order chi connectivity index (χ0) is 13.8. The molecule has 100 valence electrons. The highest BCUT2D eigenvalue weighted by Gasteiger charge is 2.13. The van der Waals surface area contributed by atoms with Gasteiger partial charge in [-0.15, -0.1) is 0 Å². The summed E-state index contributed by atoms with van der Waals surface area (Å²) in [6.45, 7) is 4.40. The van der Waals surface area contributed by atoms with Gasteiger partial charge in [0.1, 0.15) is 11.5 Å². The van der Waals surface area contributed by atoms with Crippen LogP contribution in [-0.2, 0) is 0 Å². The first-order valence-electron chi connectivity index (χ1n) is 6.48. The fourth-order valence-corrected chi connectivity index (χ4v) is 2.27. The number of methoxy groups -OCH3 is 2. The van der Waals surface area contributed by atoms with Crippen LogP contribution in [0.4, 0.5) is 0 Å². The predicted molar refractivity (Wildman–Crippen MR) is 79.1 cm³/mol. The number of benzene rings is 2. The molecule has 0 unspecified atom stereocenters. The van der Waals surface area contributed by atoms with E-state index in [1.165, 1.54) is 11.1 Å². The largest absolute Gasteiger partial charge is 0.497 e. The van der Waals surface area contributed by atoms with Crippen LogP contribution < -0.4 is 9.47 Å². The lowest BCUT2D eigenvalue weighted by Gasteiger charge is -2.16. The minimum Gasteiger partial charge on any atom is -0.497 e. The van der Waals surface area contributed by atoms with Crippen LogP contribution in [0.1, 0.15) is 25.3 Å². The summed E-state index contributed by atoms with van der Waals surface area (Å²) in [5.74, 6) is 2.18.